The quantitative estimate of drug-likeness (QED) is 0.705. The van der Waals surface area contributed by atoms with Crippen molar-refractivity contribution in [2.45, 2.75) is 19.9 Å². The minimum atomic E-state index is -0.646. The fourth-order valence-electron chi connectivity index (χ4n) is 1.51. The number of aliphatic imine (C=N–C) groups is 1. The molecule has 1 aromatic rings. The number of ether oxygens (including phenoxy) is 1. The lowest BCUT2D eigenvalue weighted by atomic mass is 10.1. The highest BCUT2D eigenvalue weighted by atomic mass is 19.2. The fraction of sp³-hybridized carbons (Fsp3) is 0.417. The molecule has 5 heteroatoms. The Morgan fingerprint density at radius 1 is 1.35 bits per heavy atom. The Hall–Kier alpha value is -1.65. The smallest absolute Gasteiger partial charge is 0.321 e. The third kappa shape index (κ3) is 2.38. The van der Waals surface area contributed by atoms with Gasteiger partial charge in [0.1, 0.15) is 11.5 Å². The van der Waals surface area contributed by atoms with E-state index in [-0.39, 0.29) is 28.8 Å². The van der Waals surface area contributed by atoms with E-state index in [0.29, 0.717) is 6.61 Å². The number of hydrogen-bond acceptors (Lipinski definition) is 3. The Morgan fingerprint density at radius 2 is 2.06 bits per heavy atom. The van der Waals surface area contributed by atoms with E-state index < -0.39 is 5.82 Å². The zero-order valence-corrected chi connectivity index (χ0v) is 9.73. The number of amidine groups is 1. The maximum absolute atomic E-state index is 13.9. The van der Waals surface area contributed by atoms with Gasteiger partial charge in [0.25, 0.3) is 0 Å². The first-order valence-electron chi connectivity index (χ1n) is 5.50. The largest absolute Gasteiger partial charge is 0.463 e. The molecule has 1 aliphatic heterocycles. The van der Waals surface area contributed by atoms with Crippen molar-refractivity contribution in [3.05, 3.63) is 30.1 Å². The van der Waals surface area contributed by atoms with Crippen molar-refractivity contribution in [3.8, 4) is 0 Å². The van der Waals surface area contributed by atoms with Gasteiger partial charge in [-0.15, -0.1) is 5.12 Å². The van der Waals surface area contributed by atoms with Gasteiger partial charge in [0.2, 0.25) is 0 Å². The highest BCUT2D eigenvalue weighted by Crippen LogP contribution is 2.23. The van der Waals surface area contributed by atoms with Crippen LogP contribution in [-0.2, 0) is 4.74 Å². The molecule has 0 fully saturated rings. The molecule has 0 saturated heterocycles. The summed E-state index contributed by atoms with van der Waals surface area (Å²) in [5, 5.41) is 0.151. The molecule has 0 N–H and O–H groups in total. The van der Waals surface area contributed by atoms with Crippen molar-refractivity contribution >= 4 is 11.7 Å². The van der Waals surface area contributed by atoms with Crippen LogP contribution in [0.3, 0.4) is 0 Å². The van der Waals surface area contributed by atoms with Crippen molar-refractivity contribution in [2.75, 3.05) is 11.7 Å². The third-order valence-corrected chi connectivity index (χ3v) is 2.84. The van der Waals surface area contributed by atoms with Crippen molar-refractivity contribution in [1.29, 1.82) is 0 Å². The van der Waals surface area contributed by atoms with E-state index in [1.165, 1.54) is 18.2 Å². The van der Waals surface area contributed by atoms with Crippen molar-refractivity contribution in [1.82, 2.24) is 0 Å². The average molecular weight is 240 g/mol. The Kier molecular flexibility index (Phi) is 3.26. The summed E-state index contributed by atoms with van der Waals surface area (Å²) in [5.74, 6) is -0.416. The summed E-state index contributed by atoms with van der Waals surface area (Å²) in [7, 11) is 0. The molecule has 0 saturated carbocycles. The normalized spacial score (nSPS) is 23.9. The van der Waals surface area contributed by atoms with Crippen LogP contribution in [0, 0.1) is 11.7 Å². The van der Waals surface area contributed by atoms with Crippen molar-refractivity contribution in [3.63, 3.8) is 0 Å². The highest BCUT2D eigenvalue weighted by molar-refractivity contribution is 5.90. The molecule has 0 amide bonds. The molecule has 0 radical (unpaired) electrons. The van der Waals surface area contributed by atoms with Gasteiger partial charge in [-0.1, -0.05) is 23.5 Å². The van der Waals surface area contributed by atoms with Crippen LogP contribution in [0.15, 0.2) is 29.3 Å². The molecule has 2 rings (SSSR count). The molecule has 1 aromatic carbocycles. The predicted molar refractivity (Wildman–Crippen MR) is 62.0 cm³/mol. The van der Waals surface area contributed by atoms with Gasteiger partial charge in [0.05, 0.1) is 12.6 Å². The highest BCUT2D eigenvalue weighted by Gasteiger charge is 2.26. The summed E-state index contributed by atoms with van der Waals surface area (Å²) >= 11 is 0. The topological polar surface area (TPSA) is 24.8 Å². The van der Waals surface area contributed by atoms with E-state index in [1.807, 2.05) is 13.8 Å². The van der Waals surface area contributed by atoms with Crippen molar-refractivity contribution in [2.24, 2.45) is 10.9 Å². The SMILES string of the molecule is C[C@H]1COC(N(F)c2ccccc2F)=N[C@@H]1C. The molecule has 2 atom stereocenters. The van der Waals surface area contributed by atoms with Crippen LogP contribution in [0.4, 0.5) is 14.6 Å². The number of rotatable bonds is 1. The van der Waals surface area contributed by atoms with Crippen LogP contribution in [0.1, 0.15) is 13.8 Å². The lowest BCUT2D eigenvalue weighted by molar-refractivity contribution is 0.189. The number of hydrogen-bond donors (Lipinski definition) is 0. The molecule has 0 spiro atoms. The van der Waals surface area contributed by atoms with Crippen LogP contribution in [0.5, 0.6) is 0 Å². The maximum atomic E-state index is 13.9. The lowest BCUT2D eigenvalue weighted by Crippen LogP contribution is -2.35. The summed E-state index contributed by atoms with van der Waals surface area (Å²) in [6.07, 6.45) is 0. The van der Waals surface area contributed by atoms with Gasteiger partial charge in [-0.2, -0.15) is 0 Å². The Balaban J connectivity index is 2.24. The van der Waals surface area contributed by atoms with Gasteiger partial charge >= 0.3 is 6.02 Å². The molecule has 1 heterocycles. The standard InChI is InChI=1S/C12H14F2N2O/c1-8-7-17-12(15-9(8)2)16(14)11-6-4-3-5-10(11)13/h3-6,8-9H,7H2,1-2H3/t8-,9+/m0/s1. The van der Waals surface area contributed by atoms with Crippen LogP contribution in [0.25, 0.3) is 0 Å². The Morgan fingerprint density at radius 3 is 2.71 bits per heavy atom. The summed E-state index contributed by atoms with van der Waals surface area (Å²) in [6, 6.07) is 5.37. The number of halogens is 2. The summed E-state index contributed by atoms with van der Waals surface area (Å²) in [6.45, 7) is 4.23. The van der Waals surface area contributed by atoms with Crippen LogP contribution in [-0.4, -0.2) is 18.7 Å². The molecule has 0 aliphatic carbocycles. The first kappa shape index (κ1) is 11.8. The zero-order chi connectivity index (χ0) is 12.4. The monoisotopic (exact) mass is 240 g/mol. The molecule has 17 heavy (non-hydrogen) atoms. The van der Waals surface area contributed by atoms with Gasteiger partial charge in [-0.3, -0.25) is 0 Å². The molecule has 0 bridgehead atoms. The number of nitrogens with zero attached hydrogens (tertiary/aromatic N) is 2. The van der Waals surface area contributed by atoms with Crippen LogP contribution >= 0.6 is 0 Å². The summed E-state index contributed by atoms with van der Waals surface area (Å²) in [4.78, 5) is 4.06. The number of para-hydroxylation sites is 1. The second kappa shape index (κ2) is 4.69. The average Bonchev–Trinajstić information content (AvgIpc) is 2.32. The van der Waals surface area contributed by atoms with Gasteiger partial charge in [0, 0.05) is 5.92 Å². The predicted octanol–water partition coefficient (Wildman–Crippen LogP) is 2.93. The van der Waals surface area contributed by atoms with E-state index in [9.17, 15) is 8.87 Å². The molecular weight excluding hydrogens is 226 g/mol. The van der Waals surface area contributed by atoms with E-state index in [2.05, 4.69) is 4.99 Å². The lowest BCUT2D eigenvalue weighted by Gasteiger charge is -2.26. The first-order valence-corrected chi connectivity index (χ1v) is 5.50. The fourth-order valence-corrected chi connectivity index (χ4v) is 1.51. The van der Waals surface area contributed by atoms with Gasteiger partial charge in [-0.05, 0) is 19.1 Å². The Bertz CT molecular complexity index is 436. The number of benzene rings is 1. The molecule has 92 valence electrons. The summed E-state index contributed by atoms with van der Waals surface area (Å²) in [5.41, 5.74) is -0.187. The second-order valence-corrected chi connectivity index (χ2v) is 4.17. The van der Waals surface area contributed by atoms with E-state index >= 15 is 0 Å². The summed E-state index contributed by atoms with van der Waals surface area (Å²) < 4.78 is 32.5. The molecular formula is C12H14F2N2O. The van der Waals surface area contributed by atoms with Gasteiger partial charge in [-0.25, -0.2) is 9.38 Å². The van der Waals surface area contributed by atoms with Gasteiger partial charge < -0.3 is 4.74 Å². The van der Waals surface area contributed by atoms with Gasteiger partial charge in [0.15, 0.2) is 0 Å². The van der Waals surface area contributed by atoms with E-state index in [4.69, 9.17) is 4.74 Å². The molecule has 1 aliphatic rings. The Labute approximate surface area is 98.7 Å². The minimum absolute atomic E-state index is 0.0382. The first-order chi connectivity index (χ1) is 8.09. The van der Waals surface area contributed by atoms with E-state index in [1.54, 1.807) is 6.07 Å². The van der Waals surface area contributed by atoms with Crippen molar-refractivity contribution < 1.29 is 13.6 Å². The second-order valence-electron chi connectivity index (χ2n) is 4.17. The maximum Gasteiger partial charge on any atom is 0.321 e. The minimum Gasteiger partial charge on any atom is -0.463 e. The molecule has 0 aromatic heterocycles. The van der Waals surface area contributed by atoms with Crippen LogP contribution in [0.2, 0.25) is 0 Å². The van der Waals surface area contributed by atoms with Crippen LogP contribution < -0.4 is 5.12 Å². The zero-order valence-electron chi connectivity index (χ0n) is 9.73. The number of anilines is 1. The molecule has 3 nitrogen and oxygen atoms in total. The van der Waals surface area contributed by atoms with E-state index in [0.717, 1.165) is 0 Å². The molecule has 0 unspecified atom stereocenters. The third-order valence-electron chi connectivity index (χ3n) is 2.84.